The van der Waals surface area contributed by atoms with E-state index in [-0.39, 0.29) is 32.3 Å². The monoisotopic (exact) mass is 440 g/mol. The number of hydrogen-bond acceptors (Lipinski definition) is 5. The first-order valence-corrected chi connectivity index (χ1v) is 11.0. The van der Waals surface area contributed by atoms with Gasteiger partial charge in [-0.2, -0.15) is 0 Å². The maximum Gasteiger partial charge on any atom is 0.125 e. The number of aliphatic hydroxyl groups is 2. The first-order chi connectivity index (χ1) is 15.2. The second kappa shape index (κ2) is 12.5. The zero-order chi connectivity index (χ0) is 23.7. The van der Waals surface area contributed by atoms with Gasteiger partial charge >= 0.3 is 0 Å². The summed E-state index contributed by atoms with van der Waals surface area (Å²) in [5.41, 5.74) is 6.67. The average molecular weight is 441 g/mol. The number of aryl methyl sites for hydroxylation is 4. The molecule has 0 heterocycles. The van der Waals surface area contributed by atoms with Gasteiger partial charge in [0.1, 0.15) is 30.8 Å². The summed E-state index contributed by atoms with van der Waals surface area (Å²) in [6.07, 6.45) is 5.22. The quantitative estimate of drug-likeness (QED) is 0.387. The predicted octanol–water partition coefficient (Wildman–Crippen LogP) is 3.91. The van der Waals surface area contributed by atoms with Crippen LogP contribution >= 0.6 is 0 Å². The second-order valence-corrected chi connectivity index (χ2v) is 8.58. The van der Waals surface area contributed by atoms with Crippen LogP contribution in [0.25, 0.3) is 0 Å². The Hall–Kier alpha value is -2.52. The Balaban J connectivity index is 2.06. The summed E-state index contributed by atoms with van der Waals surface area (Å²) < 4.78 is 17.0. The Labute approximate surface area is 192 Å². The Morgan fingerprint density at radius 1 is 0.844 bits per heavy atom. The number of rotatable bonds is 12. The Morgan fingerprint density at radius 2 is 1.31 bits per heavy atom. The Morgan fingerprint density at radius 3 is 1.75 bits per heavy atom. The van der Waals surface area contributed by atoms with E-state index in [1.807, 2.05) is 20.8 Å². The summed E-state index contributed by atoms with van der Waals surface area (Å²) in [5, 5.41) is 19.2. The molecule has 174 valence electrons. The molecule has 0 aromatic heterocycles. The third-order valence-corrected chi connectivity index (χ3v) is 5.19. The third-order valence-electron chi connectivity index (χ3n) is 5.19. The maximum absolute atomic E-state index is 9.98. The van der Waals surface area contributed by atoms with Gasteiger partial charge in [-0.1, -0.05) is 37.1 Å². The average Bonchev–Trinajstić information content (AvgIpc) is 2.72. The van der Waals surface area contributed by atoms with Gasteiger partial charge in [0.05, 0.1) is 13.2 Å². The summed E-state index contributed by atoms with van der Waals surface area (Å²) in [7, 11) is 0. The van der Waals surface area contributed by atoms with E-state index in [1.54, 1.807) is 0 Å². The van der Waals surface area contributed by atoms with Crippen molar-refractivity contribution in [2.45, 2.75) is 47.1 Å². The van der Waals surface area contributed by atoms with E-state index in [2.05, 4.69) is 44.0 Å². The molecule has 0 saturated carbocycles. The first-order valence-electron chi connectivity index (χ1n) is 11.0. The number of benzene rings is 2. The van der Waals surface area contributed by atoms with E-state index in [0.717, 1.165) is 40.2 Å². The topological polar surface area (TPSA) is 68.2 Å². The molecular formula is C27H36O5. The molecule has 5 heteroatoms. The van der Waals surface area contributed by atoms with Crippen LogP contribution in [0.3, 0.4) is 0 Å². The van der Waals surface area contributed by atoms with Crippen molar-refractivity contribution in [2.75, 3.05) is 33.0 Å². The van der Waals surface area contributed by atoms with Crippen molar-refractivity contribution in [3.63, 3.8) is 0 Å². The van der Waals surface area contributed by atoms with E-state index in [4.69, 9.17) is 20.6 Å². The van der Waals surface area contributed by atoms with Gasteiger partial charge in [0.15, 0.2) is 0 Å². The molecule has 2 unspecified atom stereocenters. The lowest BCUT2D eigenvalue weighted by molar-refractivity contribution is 0.0226. The lowest BCUT2D eigenvalue weighted by atomic mass is 9.97. The molecule has 0 aliphatic carbocycles. The fourth-order valence-electron chi connectivity index (χ4n) is 3.73. The smallest absolute Gasteiger partial charge is 0.125 e. The fourth-order valence-corrected chi connectivity index (χ4v) is 3.73. The number of hydrogen-bond donors (Lipinski definition) is 2. The largest absolute Gasteiger partial charge is 0.493 e. The molecule has 5 nitrogen and oxygen atoms in total. The van der Waals surface area contributed by atoms with Crippen LogP contribution in [-0.4, -0.2) is 49.4 Å². The molecule has 0 amide bonds. The van der Waals surface area contributed by atoms with Gasteiger partial charge in [0, 0.05) is 12.5 Å². The zero-order valence-electron chi connectivity index (χ0n) is 19.9. The molecule has 2 N–H and O–H groups in total. The Bertz CT molecular complexity index is 882. The van der Waals surface area contributed by atoms with Gasteiger partial charge in [-0.3, -0.25) is 0 Å². The minimum absolute atomic E-state index is 0.108. The SMILES string of the molecule is C#CCOCC(O)COc1c(C)cc(Cc2cc(C)c(OCC(C)CO)c(C)c2)cc1C. The van der Waals surface area contributed by atoms with E-state index < -0.39 is 6.10 Å². The summed E-state index contributed by atoms with van der Waals surface area (Å²) in [6.45, 7) is 11.2. The molecule has 0 aliphatic heterocycles. The molecular weight excluding hydrogens is 404 g/mol. The summed E-state index contributed by atoms with van der Waals surface area (Å²) in [5.74, 6) is 4.17. The molecule has 32 heavy (non-hydrogen) atoms. The zero-order valence-corrected chi connectivity index (χ0v) is 19.9. The van der Waals surface area contributed by atoms with Crippen LogP contribution < -0.4 is 9.47 Å². The normalized spacial score (nSPS) is 12.8. The molecule has 2 aromatic carbocycles. The highest BCUT2D eigenvalue weighted by Gasteiger charge is 2.13. The Kier molecular flexibility index (Phi) is 10.1. The van der Waals surface area contributed by atoms with Gasteiger partial charge in [0.25, 0.3) is 0 Å². The minimum atomic E-state index is -0.728. The molecule has 2 rings (SSSR count). The highest BCUT2D eigenvalue weighted by atomic mass is 16.5. The van der Waals surface area contributed by atoms with Crippen LogP contribution in [-0.2, 0) is 11.2 Å². The van der Waals surface area contributed by atoms with Gasteiger partial charge in [-0.25, -0.2) is 0 Å². The van der Waals surface area contributed by atoms with Crippen molar-refractivity contribution in [3.8, 4) is 23.8 Å². The van der Waals surface area contributed by atoms with Crippen LogP contribution in [0.5, 0.6) is 11.5 Å². The second-order valence-electron chi connectivity index (χ2n) is 8.58. The van der Waals surface area contributed by atoms with Crippen LogP contribution in [0, 0.1) is 46.0 Å². The van der Waals surface area contributed by atoms with Gasteiger partial charge in [0.2, 0.25) is 0 Å². The van der Waals surface area contributed by atoms with E-state index in [9.17, 15) is 10.2 Å². The summed E-state index contributed by atoms with van der Waals surface area (Å²) in [6, 6.07) is 8.57. The molecule has 0 spiro atoms. The van der Waals surface area contributed by atoms with Crippen molar-refractivity contribution in [3.05, 3.63) is 57.6 Å². The maximum atomic E-state index is 9.98. The van der Waals surface area contributed by atoms with Gasteiger partial charge in [-0.15, -0.1) is 6.42 Å². The lowest BCUT2D eigenvalue weighted by Crippen LogP contribution is -2.24. The van der Waals surface area contributed by atoms with Crippen molar-refractivity contribution in [2.24, 2.45) is 5.92 Å². The molecule has 0 aliphatic rings. The van der Waals surface area contributed by atoms with E-state index >= 15 is 0 Å². The van der Waals surface area contributed by atoms with Crippen LogP contribution in [0.4, 0.5) is 0 Å². The molecule has 2 atom stereocenters. The molecule has 0 saturated heterocycles. The lowest BCUT2D eigenvalue weighted by Gasteiger charge is -2.18. The fraction of sp³-hybridized carbons (Fsp3) is 0.481. The van der Waals surface area contributed by atoms with E-state index in [1.165, 1.54) is 11.1 Å². The first kappa shape index (κ1) is 25.7. The molecule has 0 radical (unpaired) electrons. The van der Waals surface area contributed by atoms with Crippen molar-refractivity contribution in [1.29, 1.82) is 0 Å². The van der Waals surface area contributed by atoms with Crippen LogP contribution in [0.1, 0.15) is 40.3 Å². The highest BCUT2D eigenvalue weighted by Crippen LogP contribution is 2.29. The number of terminal acetylenes is 1. The standard InChI is InChI=1S/C27H36O5/c1-7-8-30-16-25(29)17-32-27-21(5)11-24(12-22(27)6)13-23-9-19(3)26(20(4)10-23)31-15-18(2)14-28/h1,9-12,18,25,28-29H,8,13-17H2,2-6H3. The predicted molar refractivity (Wildman–Crippen MR) is 128 cm³/mol. The van der Waals surface area contributed by atoms with Crippen molar-refractivity contribution >= 4 is 0 Å². The van der Waals surface area contributed by atoms with Crippen LogP contribution in [0.15, 0.2) is 24.3 Å². The number of ether oxygens (including phenoxy) is 3. The summed E-state index contributed by atoms with van der Waals surface area (Å²) >= 11 is 0. The minimum Gasteiger partial charge on any atom is -0.493 e. The van der Waals surface area contributed by atoms with Gasteiger partial charge in [-0.05, 0) is 67.5 Å². The van der Waals surface area contributed by atoms with Gasteiger partial charge < -0.3 is 24.4 Å². The van der Waals surface area contributed by atoms with Crippen molar-refractivity contribution < 1.29 is 24.4 Å². The highest BCUT2D eigenvalue weighted by molar-refractivity contribution is 5.47. The molecule has 0 fully saturated rings. The number of aliphatic hydroxyl groups excluding tert-OH is 2. The third kappa shape index (κ3) is 7.56. The van der Waals surface area contributed by atoms with E-state index in [0.29, 0.717) is 6.61 Å². The molecule has 0 bridgehead atoms. The summed E-state index contributed by atoms with van der Waals surface area (Å²) in [4.78, 5) is 0. The molecule has 2 aromatic rings. The van der Waals surface area contributed by atoms with Crippen molar-refractivity contribution in [1.82, 2.24) is 0 Å². The van der Waals surface area contributed by atoms with Crippen LogP contribution in [0.2, 0.25) is 0 Å².